The van der Waals surface area contributed by atoms with Crippen molar-refractivity contribution in [2.45, 2.75) is 38.4 Å². The largest absolute Gasteiger partial charge is 0.340 e. The van der Waals surface area contributed by atoms with Gasteiger partial charge in [-0.25, -0.2) is 16.8 Å². The molecule has 1 atom stereocenters. The molecule has 0 radical (unpaired) electrons. The van der Waals surface area contributed by atoms with Gasteiger partial charge in [-0.15, -0.1) is 12.4 Å². The molecule has 2 rings (SSSR count). The molecule has 2 aliphatic heterocycles. The van der Waals surface area contributed by atoms with Gasteiger partial charge in [0.1, 0.15) is 0 Å². The van der Waals surface area contributed by atoms with Gasteiger partial charge >= 0.3 is 0 Å². The van der Waals surface area contributed by atoms with Crippen LogP contribution in [0.25, 0.3) is 0 Å². The van der Waals surface area contributed by atoms with Crippen molar-refractivity contribution in [2.75, 3.05) is 44.2 Å². The highest BCUT2D eigenvalue weighted by atomic mass is 35.5. The second kappa shape index (κ2) is 8.72. The van der Waals surface area contributed by atoms with E-state index in [0.29, 0.717) is 25.9 Å². The number of sulfonamides is 1. The van der Waals surface area contributed by atoms with Gasteiger partial charge in [-0.05, 0) is 19.3 Å². The van der Waals surface area contributed by atoms with Crippen LogP contribution in [-0.4, -0.2) is 81.4 Å². The van der Waals surface area contributed by atoms with Crippen molar-refractivity contribution < 1.29 is 21.6 Å². The number of nitrogens with zero attached hydrogens (tertiary/aromatic N) is 2. The summed E-state index contributed by atoms with van der Waals surface area (Å²) in [5.74, 6) is -0.377. The molecule has 1 unspecified atom stereocenters. The minimum absolute atomic E-state index is 0. The Labute approximate surface area is 162 Å². The number of rotatable bonds is 6. The van der Waals surface area contributed by atoms with E-state index in [4.69, 9.17) is 5.73 Å². The normalized spacial score (nSPS) is 24.3. The van der Waals surface area contributed by atoms with Gasteiger partial charge in [0.25, 0.3) is 0 Å². The van der Waals surface area contributed by atoms with Crippen LogP contribution in [0.5, 0.6) is 0 Å². The van der Waals surface area contributed by atoms with Crippen molar-refractivity contribution in [1.82, 2.24) is 9.21 Å². The summed E-state index contributed by atoms with van der Waals surface area (Å²) in [6.45, 7) is 5.21. The van der Waals surface area contributed by atoms with Gasteiger partial charge in [-0.2, -0.15) is 4.31 Å². The summed E-state index contributed by atoms with van der Waals surface area (Å²) >= 11 is 0. The second-order valence-electron chi connectivity index (χ2n) is 6.95. The first-order chi connectivity index (χ1) is 11.6. The number of hydrogen-bond donors (Lipinski definition) is 1. The van der Waals surface area contributed by atoms with E-state index in [1.165, 1.54) is 4.31 Å². The third-order valence-electron chi connectivity index (χ3n) is 5.70. The van der Waals surface area contributed by atoms with Gasteiger partial charge in [0, 0.05) is 32.7 Å². The maximum Gasteiger partial charge on any atom is 0.230 e. The van der Waals surface area contributed by atoms with Crippen LogP contribution in [0.3, 0.4) is 0 Å². The Balaban J connectivity index is 0.00000338. The minimum atomic E-state index is -3.64. The molecule has 2 heterocycles. The summed E-state index contributed by atoms with van der Waals surface area (Å²) < 4.78 is 49.8. The Bertz CT molecular complexity index is 691. The lowest BCUT2D eigenvalue weighted by Gasteiger charge is -2.40. The van der Waals surface area contributed by atoms with Crippen LogP contribution < -0.4 is 5.73 Å². The molecule has 0 aromatic rings. The summed E-state index contributed by atoms with van der Waals surface area (Å²) in [7, 11) is -6.90. The average molecular weight is 432 g/mol. The fourth-order valence-electron chi connectivity index (χ4n) is 3.62. The second-order valence-corrected chi connectivity index (χ2v) is 11.4. The minimum Gasteiger partial charge on any atom is -0.340 e. The first-order valence-electron chi connectivity index (χ1n) is 8.80. The van der Waals surface area contributed by atoms with Gasteiger partial charge in [0.05, 0.1) is 22.2 Å². The van der Waals surface area contributed by atoms with E-state index in [2.05, 4.69) is 0 Å². The SMILES string of the molecule is CCC(CC)(CN)C(=O)N1CCN(S(=O)(=O)C2CCS(=O)(=O)C2)CC1.Cl. The van der Waals surface area contributed by atoms with Crippen LogP contribution >= 0.6 is 12.4 Å². The molecule has 1 amide bonds. The molecule has 2 saturated heterocycles. The molecule has 8 nitrogen and oxygen atoms in total. The molecule has 0 aliphatic carbocycles. The monoisotopic (exact) mass is 431 g/mol. The number of hydrogen-bond acceptors (Lipinski definition) is 6. The fourth-order valence-corrected chi connectivity index (χ4v) is 8.13. The van der Waals surface area contributed by atoms with Crippen LogP contribution in [0.1, 0.15) is 33.1 Å². The van der Waals surface area contributed by atoms with Crippen molar-refractivity contribution in [3.63, 3.8) is 0 Å². The molecule has 0 bridgehead atoms. The smallest absolute Gasteiger partial charge is 0.230 e. The van der Waals surface area contributed by atoms with Crippen molar-refractivity contribution >= 4 is 38.2 Å². The molecule has 0 saturated carbocycles. The molecule has 11 heteroatoms. The Morgan fingerprint density at radius 3 is 2.08 bits per heavy atom. The number of amides is 1. The highest BCUT2D eigenvalue weighted by Gasteiger charge is 2.43. The van der Waals surface area contributed by atoms with Gasteiger partial charge in [0.15, 0.2) is 9.84 Å². The quantitative estimate of drug-likeness (QED) is 0.624. The molecule has 0 aromatic carbocycles. The summed E-state index contributed by atoms with van der Waals surface area (Å²) in [6, 6.07) is 0. The highest BCUT2D eigenvalue weighted by Crippen LogP contribution is 2.29. The van der Waals surface area contributed by atoms with E-state index in [1.807, 2.05) is 13.8 Å². The number of nitrogens with two attached hydrogens (primary N) is 1. The van der Waals surface area contributed by atoms with Gasteiger partial charge in [-0.3, -0.25) is 4.79 Å². The van der Waals surface area contributed by atoms with Crippen LogP contribution in [0, 0.1) is 5.41 Å². The summed E-state index contributed by atoms with van der Waals surface area (Å²) in [5.41, 5.74) is 5.25. The van der Waals surface area contributed by atoms with E-state index in [0.717, 1.165) is 0 Å². The van der Waals surface area contributed by atoms with Crippen LogP contribution in [0.15, 0.2) is 0 Å². The van der Waals surface area contributed by atoms with E-state index in [1.54, 1.807) is 4.90 Å². The lowest BCUT2D eigenvalue weighted by Crippen LogP contribution is -2.56. The van der Waals surface area contributed by atoms with Gasteiger partial charge in [0.2, 0.25) is 15.9 Å². The van der Waals surface area contributed by atoms with Crippen LogP contribution in [0.2, 0.25) is 0 Å². The maximum atomic E-state index is 12.8. The highest BCUT2D eigenvalue weighted by molar-refractivity contribution is 7.95. The number of sulfone groups is 1. The number of piperazine rings is 1. The zero-order valence-electron chi connectivity index (χ0n) is 15.4. The predicted molar refractivity (Wildman–Crippen MR) is 103 cm³/mol. The zero-order valence-corrected chi connectivity index (χ0v) is 17.8. The molecule has 2 fully saturated rings. The Morgan fingerprint density at radius 2 is 1.69 bits per heavy atom. The van der Waals surface area contributed by atoms with E-state index < -0.39 is 30.5 Å². The molecular weight excluding hydrogens is 402 g/mol. The van der Waals surface area contributed by atoms with Crippen molar-refractivity contribution in [2.24, 2.45) is 11.1 Å². The topological polar surface area (TPSA) is 118 Å². The Morgan fingerprint density at radius 1 is 1.15 bits per heavy atom. The van der Waals surface area contributed by atoms with Gasteiger partial charge < -0.3 is 10.6 Å². The molecule has 0 spiro atoms. The third-order valence-corrected chi connectivity index (χ3v) is 10.0. The number of carbonyl (C=O) groups is 1. The number of carbonyl (C=O) groups excluding carboxylic acids is 1. The number of halogens is 1. The first kappa shape index (κ1) is 23.6. The van der Waals surface area contributed by atoms with Crippen LogP contribution in [0.4, 0.5) is 0 Å². The lowest BCUT2D eigenvalue weighted by molar-refractivity contribution is -0.143. The lowest BCUT2D eigenvalue weighted by atomic mass is 9.81. The Kier molecular flexibility index (Phi) is 7.93. The van der Waals surface area contributed by atoms with E-state index >= 15 is 0 Å². The molecular formula is C15H30ClN3O5S2. The summed E-state index contributed by atoms with van der Waals surface area (Å²) in [5, 5.41) is -0.853. The van der Waals surface area contributed by atoms with Gasteiger partial charge in [-0.1, -0.05) is 13.8 Å². The maximum absolute atomic E-state index is 12.8. The van der Waals surface area contributed by atoms with Crippen molar-refractivity contribution in [3.8, 4) is 0 Å². The standard InChI is InChI=1S/C15H29N3O5S2.ClH/c1-3-15(4-2,12-16)14(19)17-6-8-18(9-7-17)25(22,23)13-5-10-24(20,21)11-13;/h13H,3-12,16H2,1-2H3;1H. The van der Waals surface area contributed by atoms with Crippen molar-refractivity contribution in [1.29, 1.82) is 0 Å². The fraction of sp³-hybridized carbons (Fsp3) is 0.933. The zero-order chi connectivity index (χ0) is 18.9. The summed E-state index contributed by atoms with van der Waals surface area (Å²) in [6.07, 6.45) is 1.46. The average Bonchev–Trinajstić information content (AvgIpc) is 2.97. The molecule has 2 aliphatic rings. The molecule has 26 heavy (non-hydrogen) atoms. The molecule has 2 N–H and O–H groups in total. The summed E-state index contributed by atoms with van der Waals surface area (Å²) in [4.78, 5) is 14.5. The van der Waals surface area contributed by atoms with E-state index in [9.17, 15) is 21.6 Å². The third kappa shape index (κ3) is 4.52. The first-order valence-corrected chi connectivity index (χ1v) is 12.1. The Hall–Kier alpha value is -0.420. The molecule has 0 aromatic heterocycles. The van der Waals surface area contributed by atoms with Crippen LogP contribution in [-0.2, 0) is 24.7 Å². The predicted octanol–water partition coefficient (Wildman–Crippen LogP) is -0.166. The van der Waals surface area contributed by atoms with Crippen molar-refractivity contribution in [3.05, 3.63) is 0 Å². The van der Waals surface area contributed by atoms with E-state index in [-0.39, 0.29) is 55.9 Å². The molecule has 154 valence electrons.